The van der Waals surface area contributed by atoms with E-state index in [2.05, 4.69) is 75.5 Å². The number of fused-ring (bicyclic) bond motifs is 3. The summed E-state index contributed by atoms with van der Waals surface area (Å²) < 4.78 is 0. The van der Waals surface area contributed by atoms with E-state index >= 15 is 0 Å². The fourth-order valence-electron chi connectivity index (χ4n) is 7.61. The Balaban J connectivity index is 1.45. The van der Waals surface area contributed by atoms with Gasteiger partial charge in [-0.2, -0.15) is 0 Å². The molecular formula is C29H47N3S. The summed E-state index contributed by atoms with van der Waals surface area (Å²) >= 11 is 5.83. The molecule has 0 aliphatic heterocycles. The van der Waals surface area contributed by atoms with Gasteiger partial charge in [-0.05, 0) is 104 Å². The number of hydrogen-bond donors (Lipinski definition) is 2. The summed E-state index contributed by atoms with van der Waals surface area (Å²) in [5.74, 6) is 1.31. The van der Waals surface area contributed by atoms with Gasteiger partial charge in [0.15, 0.2) is 5.11 Å². The van der Waals surface area contributed by atoms with Gasteiger partial charge in [0.05, 0.1) is 0 Å². The molecule has 1 aromatic carbocycles. The third-order valence-electron chi connectivity index (χ3n) is 9.53. The molecule has 33 heavy (non-hydrogen) atoms. The van der Waals surface area contributed by atoms with Crippen LogP contribution in [0.25, 0.3) is 0 Å². The van der Waals surface area contributed by atoms with E-state index in [1.807, 2.05) is 0 Å². The Kier molecular flexibility index (Phi) is 7.46. The Morgan fingerprint density at radius 3 is 2.58 bits per heavy atom. The Morgan fingerprint density at radius 1 is 1.09 bits per heavy atom. The summed E-state index contributed by atoms with van der Waals surface area (Å²) in [4.78, 5) is 2.37. The Morgan fingerprint density at radius 2 is 1.85 bits per heavy atom. The normalized spacial score (nSPS) is 34.0. The number of nitrogens with one attached hydrogen (secondary N) is 2. The van der Waals surface area contributed by atoms with E-state index in [-0.39, 0.29) is 10.8 Å². The molecule has 0 saturated heterocycles. The summed E-state index contributed by atoms with van der Waals surface area (Å²) in [6.07, 6.45) is 11.6. The van der Waals surface area contributed by atoms with Crippen LogP contribution in [-0.4, -0.2) is 42.7 Å². The highest BCUT2D eigenvalue weighted by Gasteiger charge is 2.51. The van der Waals surface area contributed by atoms with Gasteiger partial charge in [-0.1, -0.05) is 65.2 Å². The molecule has 2 N–H and O–H groups in total. The van der Waals surface area contributed by atoms with Crippen molar-refractivity contribution < 1.29 is 0 Å². The van der Waals surface area contributed by atoms with Crippen LogP contribution in [0.5, 0.6) is 0 Å². The number of benzene rings is 1. The predicted molar refractivity (Wildman–Crippen MR) is 145 cm³/mol. The summed E-state index contributed by atoms with van der Waals surface area (Å²) in [6.45, 7) is 10.7. The van der Waals surface area contributed by atoms with Gasteiger partial charge in [-0.3, -0.25) is 0 Å². The zero-order chi connectivity index (χ0) is 23.8. The molecule has 0 spiro atoms. The molecule has 4 heteroatoms. The minimum absolute atomic E-state index is 0.278. The van der Waals surface area contributed by atoms with Gasteiger partial charge in [-0.25, -0.2) is 0 Å². The quantitative estimate of drug-likeness (QED) is 0.505. The molecule has 184 valence electrons. The molecule has 0 bridgehead atoms. The first-order valence-electron chi connectivity index (χ1n) is 13.5. The molecule has 4 rings (SSSR count). The highest BCUT2D eigenvalue weighted by atomic mass is 32.1. The van der Waals surface area contributed by atoms with Crippen LogP contribution in [0.15, 0.2) is 18.2 Å². The number of aryl methyl sites for hydroxylation is 1. The van der Waals surface area contributed by atoms with Crippen molar-refractivity contribution in [2.45, 2.75) is 109 Å². The van der Waals surface area contributed by atoms with Gasteiger partial charge in [0, 0.05) is 18.6 Å². The van der Waals surface area contributed by atoms with Crippen molar-refractivity contribution in [3.8, 4) is 0 Å². The lowest BCUT2D eigenvalue weighted by Crippen LogP contribution is -2.56. The highest BCUT2D eigenvalue weighted by Crippen LogP contribution is 2.57. The average Bonchev–Trinajstić information content (AvgIpc) is 2.77. The van der Waals surface area contributed by atoms with E-state index in [4.69, 9.17) is 12.2 Å². The minimum atomic E-state index is 0.278. The van der Waals surface area contributed by atoms with Gasteiger partial charge in [0.25, 0.3) is 0 Å². The Hall–Kier alpha value is -1.13. The van der Waals surface area contributed by atoms with Gasteiger partial charge < -0.3 is 15.5 Å². The van der Waals surface area contributed by atoms with E-state index < -0.39 is 0 Å². The maximum atomic E-state index is 5.83. The lowest BCUT2D eigenvalue weighted by Gasteiger charge is -2.55. The molecule has 1 aromatic rings. The van der Waals surface area contributed by atoms with Crippen molar-refractivity contribution in [2.75, 3.05) is 20.6 Å². The van der Waals surface area contributed by atoms with E-state index in [9.17, 15) is 0 Å². The van der Waals surface area contributed by atoms with Crippen molar-refractivity contribution in [1.29, 1.82) is 0 Å². The van der Waals surface area contributed by atoms with Gasteiger partial charge in [-0.15, -0.1) is 0 Å². The third-order valence-corrected chi connectivity index (χ3v) is 9.79. The Bertz CT molecular complexity index is 849. The number of hydrogen-bond acceptors (Lipinski definition) is 2. The average molecular weight is 470 g/mol. The first-order valence-corrected chi connectivity index (χ1v) is 13.9. The van der Waals surface area contributed by atoms with Crippen LogP contribution in [0.1, 0.15) is 102 Å². The first kappa shape index (κ1) is 25.0. The van der Waals surface area contributed by atoms with Crippen molar-refractivity contribution in [2.24, 2.45) is 11.3 Å². The zero-order valence-corrected chi connectivity index (χ0v) is 22.8. The summed E-state index contributed by atoms with van der Waals surface area (Å²) in [5.41, 5.74) is 5.30. The molecule has 2 saturated carbocycles. The maximum absolute atomic E-state index is 5.83. The second kappa shape index (κ2) is 9.85. The number of thiocarbonyl (C=S) groups is 1. The molecule has 0 amide bonds. The number of likely N-dealkylation sites (N-methyl/N-ethyl adjacent to an activating group) is 1. The first-order chi connectivity index (χ1) is 15.6. The fourth-order valence-corrected chi connectivity index (χ4v) is 7.84. The summed E-state index contributed by atoms with van der Waals surface area (Å²) in [6, 6.07) is 8.43. The van der Waals surface area contributed by atoms with E-state index in [1.165, 1.54) is 63.4 Å². The van der Waals surface area contributed by atoms with E-state index in [0.717, 1.165) is 11.7 Å². The van der Waals surface area contributed by atoms with Crippen LogP contribution in [0.2, 0.25) is 0 Å². The fraction of sp³-hybridized carbons (Fsp3) is 0.759. The van der Waals surface area contributed by atoms with Gasteiger partial charge >= 0.3 is 0 Å². The largest absolute Gasteiger partial charge is 0.362 e. The van der Waals surface area contributed by atoms with E-state index in [0.29, 0.717) is 23.9 Å². The maximum Gasteiger partial charge on any atom is 0.166 e. The molecule has 0 radical (unpaired) electrons. The van der Waals surface area contributed by atoms with Crippen molar-refractivity contribution in [1.82, 2.24) is 15.5 Å². The second-order valence-electron chi connectivity index (χ2n) is 12.3. The topological polar surface area (TPSA) is 27.3 Å². The van der Waals surface area contributed by atoms with Crippen LogP contribution in [-0.2, 0) is 11.8 Å². The van der Waals surface area contributed by atoms with Crippen LogP contribution in [0, 0.1) is 11.3 Å². The molecule has 3 aliphatic rings. The highest BCUT2D eigenvalue weighted by molar-refractivity contribution is 7.80. The van der Waals surface area contributed by atoms with Crippen LogP contribution < -0.4 is 10.6 Å². The molecule has 2 fully saturated rings. The molecular weight excluding hydrogens is 422 g/mol. The standard InChI is InChI=1S/C29H47N3S/c1-20(2)21-12-14-23-22(18-21)13-15-26-28(3,16-9-17-29(23,26)4)19-30-27(33)31-24-10-7-8-11-25(24)32(5)6/h12,14,18,20,24-26H,7-11,13,15-17,19H2,1-6H3,(H2,30,31,33)/t24-,25-,26+,28+,29-/m1/s1. The van der Waals surface area contributed by atoms with Crippen LogP contribution >= 0.6 is 12.2 Å². The van der Waals surface area contributed by atoms with Crippen molar-refractivity contribution >= 4 is 17.3 Å². The smallest absolute Gasteiger partial charge is 0.166 e. The SMILES string of the molecule is CC(C)c1ccc2c(c1)CC[C@H]1[C@](C)(CNC(=S)N[C@@H]3CCCC[C@H]3N(C)C)CCC[C@]21C. The third kappa shape index (κ3) is 4.98. The predicted octanol–water partition coefficient (Wildman–Crippen LogP) is 6.16. The molecule has 0 unspecified atom stereocenters. The summed E-state index contributed by atoms with van der Waals surface area (Å²) in [7, 11) is 4.41. The second-order valence-corrected chi connectivity index (χ2v) is 12.7. The molecule has 3 nitrogen and oxygen atoms in total. The monoisotopic (exact) mass is 469 g/mol. The number of nitrogens with zero attached hydrogens (tertiary/aromatic N) is 1. The van der Waals surface area contributed by atoms with Crippen molar-refractivity contribution in [3.63, 3.8) is 0 Å². The molecule has 0 aromatic heterocycles. The van der Waals surface area contributed by atoms with E-state index in [1.54, 1.807) is 11.1 Å². The van der Waals surface area contributed by atoms with Crippen molar-refractivity contribution in [3.05, 3.63) is 34.9 Å². The van der Waals surface area contributed by atoms with Gasteiger partial charge in [0.2, 0.25) is 0 Å². The van der Waals surface area contributed by atoms with Crippen LogP contribution in [0.3, 0.4) is 0 Å². The Labute approximate surface area is 208 Å². The zero-order valence-electron chi connectivity index (χ0n) is 22.0. The van der Waals surface area contributed by atoms with Gasteiger partial charge in [0.1, 0.15) is 0 Å². The lowest BCUT2D eigenvalue weighted by atomic mass is 9.49. The molecule has 0 heterocycles. The minimum Gasteiger partial charge on any atom is -0.362 e. The van der Waals surface area contributed by atoms with Crippen LogP contribution in [0.4, 0.5) is 0 Å². The lowest BCUT2D eigenvalue weighted by molar-refractivity contribution is 0.0291. The summed E-state index contributed by atoms with van der Waals surface area (Å²) in [5, 5.41) is 8.26. The molecule has 3 aliphatic carbocycles. The number of rotatable bonds is 5. The molecule has 5 atom stereocenters.